The Hall–Kier alpha value is -5.21. The number of rotatable bonds is 8. The lowest BCUT2D eigenvalue weighted by Gasteiger charge is -2.24. The lowest BCUT2D eigenvalue weighted by atomic mass is 9.79. The van der Waals surface area contributed by atoms with Gasteiger partial charge >= 0.3 is 0 Å². The summed E-state index contributed by atoms with van der Waals surface area (Å²) in [6, 6.07) is 29.6. The summed E-state index contributed by atoms with van der Waals surface area (Å²) >= 11 is 0. The highest BCUT2D eigenvalue weighted by Crippen LogP contribution is 2.40. The number of allylic oxidation sites excluding steroid dienone is 1. The number of para-hydroxylation sites is 1. The van der Waals surface area contributed by atoms with Gasteiger partial charge in [-0.25, -0.2) is 13.5 Å². The molecule has 2 aliphatic rings. The van der Waals surface area contributed by atoms with Gasteiger partial charge in [0.2, 0.25) is 0 Å². The molecule has 1 aromatic heterocycles. The van der Waals surface area contributed by atoms with Gasteiger partial charge in [-0.15, -0.1) is 0 Å². The Kier molecular flexibility index (Phi) is 7.20. The summed E-state index contributed by atoms with van der Waals surface area (Å²) in [5, 5.41) is 10.2. The first-order valence-corrected chi connectivity index (χ1v) is 14.5. The zero-order valence-corrected chi connectivity index (χ0v) is 24.1. The molecule has 0 radical (unpaired) electrons. The van der Waals surface area contributed by atoms with E-state index in [2.05, 4.69) is 27.2 Å². The van der Waals surface area contributed by atoms with Crippen LogP contribution in [0.5, 0.6) is 0 Å². The summed E-state index contributed by atoms with van der Waals surface area (Å²) in [5.74, 6) is -2.03. The zero-order chi connectivity index (χ0) is 30.2. The minimum Gasteiger partial charge on any atom is -0.298 e. The van der Waals surface area contributed by atoms with Gasteiger partial charge in [-0.2, -0.15) is 15.2 Å². The van der Waals surface area contributed by atoms with Crippen LogP contribution in [0.4, 0.5) is 14.5 Å². The highest BCUT2D eigenvalue weighted by molar-refractivity contribution is 6.36. The van der Waals surface area contributed by atoms with Crippen LogP contribution in [0.25, 0.3) is 5.69 Å². The lowest BCUT2D eigenvalue weighted by Crippen LogP contribution is -2.26. The molecule has 0 spiro atoms. The number of carbonyl (C=O) groups is 1. The van der Waals surface area contributed by atoms with Crippen LogP contribution in [0.15, 0.2) is 126 Å². The van der Waals surface area contributed by atoms with E-state index in [0.29, 0.717) is 18.7 Å². The molecule has 8 heteroatoms. The molecule has 0 N–H and O–H groups in total. The number of fused-ring (bicyclic) bond motifs is 3. The van der Waals surface area contributed by atoms with Crippen molar-refractivity contribution in [2.24, 2.45) is 5.10 Å². The number of anilines is 1. The van der Waals surface area contributed by atoms with Crippen molar-refractivity contribution in [3.8, 4) is 5.69 Å². The number of halogens is 2. The number of hydrogen-bond acceptors (Lipinski definition) is 4. The molecule has 1 unspecified atom stereocenters. The Balaban J connectivity index is 1.21. The van der Waals surface area contributed by atoms with E-state index >= 15 is 8.78 Å². The third-order valence-electron chi connectivity index (χ3n) is 8.11. The van der Waals surface area contributed by atoms with Gasteiger partial charge in [-0.05, 0) is 66.6 Å². The summed E-state index contributed by atoms with van der Waals surface area (Å²) in [6.07, 6.45) is 5.70. The molecule has 0 bridgehead atoms. The average Bonchev–Trinajstić information content (AvgIpc) is 3.69. The summed E-state index contributed by atoms with van der Waals surface area (Å²) < 4.78 is 32.7. The molecule has 0 saturated carbocycles. The van der Waals surface area contributed by atoms with Crippen molar-refractivity contribution in [1.29, 1.82) is 0 Å². The van der Waals surface area contributed by atoms with E-state index in [4.69, 9.17) is 0 Å². The standard InChI is InChI=1S/C36H29F2N5O/c1-41(22-25-8-3-2-4-9-25)23-26-10-5-6-11-32(26)43-36(44)29-21-27(33-30(37)16-17-31(38)34(33)35(29)40-43)20-24-12-14-28(15-13-24)42-19-7-18-39-42/h2-19,21,27H,20,22-23H2,1H3. The molecule has 0 fully saturated rings. The fourth-order valence-electron chi connectivity index (χ4n) is 6.08. The second kappa shape index (κ2) is 11.5. The maximum atomic E-state index is 15.5. The van der Waals surface area contributed by atoms with E-state index in [9.17, 15) is 4.79 Å². The van der Waals surface area contributed by atoms with Gasteiger partial charge in [0.1, 0.15) is 17.3 Å². The summed E-state index contributed by atoms with van der Waals surface area (Å²) in [6.45, 7) is 1.29. The van der Waals surface area contributed by atoms with Crippen molar-refractivity contribution < 1.29 is 13.6 Å². The van der Waals surface area contributed by atoms with E-state index in [-0.39, 0.29) is 28.3 Å². The Morgan fingerprint density at radius 3 is 2.34 bits per heavy atom. The van der Waals surface area contributed by atoms with Gasteiger partial charge in [0.05, 0.1) is 16.9 Å². The van der Waals surface area contributed by atoms with Crippen LogP contribution in [-0.2, 0) is 24.3 Å². The number of amides is 1. The van der Waals surface area contributed by atoms with Gasteiger partial charge in [-0.3, -0.25) is 9.69 Å². The highest BCUT2D eigenvalue weighted by Gasteiger charge is 2.40. The lowest BCUT2D eigenvalue weighted by molar-refractivity contribution is -0.114. The Labute approximate surface area is 254 Å². The van der Waals surface area contributed by atoms with Crippen molar-refractivity contribution >= 4 is 17.3 Å². The molecule has 1 aliphatic carbocycles. The Bertz CT molecular complexity index is 1900. The SMILES string of the molecule is CN(Cc1ccccc1)Cc1ccccc1N1N=C2C(=CC(Cc3ccc(-n4cccn4)cc3)c3c(F)ccc(F)c32)C1=O. The minimum absolute atomic E-state index is 0.0511. The van der Waals surface area contributed by atoms with E-state index in [0.717, 1.165) is 35.5 Å². The molecule has 1 atom stereocenters. The molecule has 1 amide bonds. The first kappa shape index (κ1) is 27.6. The van der Waals surface area contributed by atoms with Crippen molar-refractivity contribution in [2.45, 2.75) is 25.4 Å². The molecule has 44 heavy (non-hydrogen) atoms. The fraction of sp³-hybridized carbons (Fsp3) is 0.139. The number of nitrogens with zero attached hydrogens (tertiary/aromatic N) is 5. The number of carbonyl (C=O) groups excluding carboxylic acids is 1. The predicted octanol–water partition coefficient (Wildman–Crippen LogP) is 6.80. The van der Waals surface area contributed by atoms with E-state index in [1.165, 1.54) is 10.6 Å². The first-order valence-electron chi connectivity index (χ1n) is 14.5. The minimum atomic E-state index is -0.602. The second-order valence-corrected chi connectivity index (χ2v) is 11.2. The van der Waals surface area contributed by atoms with Crippen LogP contribution >= 0.6 is 0 Å². The molecule has 1 aliphatic heterocycles. The number of hydrogen-bond donors (Lipinski definition) is 0. The normalized spacial score (nSPS) is 15.7. The van der Waals surface area contributed by atoms with Crippen molar-refractivity contribution in [3.63, 3.8) is 0 Å². The molecule has 6 nitrogen and oxygen atoms in total. The molecular formula is C36H29F2N5O. The van der Waals surface area contributed by atoms with E-state index < -0.39 is 17.6 Å². The smallest absolute Gasteiger partial charge is 0.280 e. The Morgan fingerprint density at radius 1 is 0.818 bits per heavy atom. The summed E-state index contributed by atoms with van der Waals surface area (Å²) in [5.41, 5.74) is 5.23. The number of benzene rings is 4. The van der Waals surface area contributed by atoms with Gasteiger partial charge in [-0.1, -0.05) is 66.7 Å². The van der Waals surface area contributed by atoms with Crippen molar-refractivity contribution in [1.82, 2.24) is 14.7 Å². The van der Waals surface area contributed by atoms with Gasteiger partial charge in [0.15, 0.2) is 0 Å². The molecule has 7 rings (SSSR count). The third kappa shape index (κ3) is 5.14. The van der Waals surface area contributed by atoms with Gasteiger partial charge < -0.3 is 0 Å². The molecule has 2 heterocycles. The largest absolute Gasteiger partial charge is 0.298 e. The first-order chi connectivity index (χ1) is 21.5. The monoisotopic (exact) mass is 585 g/mol. The predicted molar refractivity (Wildman–Crippen MR) is 167 cm³/mol. The highest BCUT2D eigenvalue weighted by atomic mass is 19.1. The van der Waals surface area contributed by atoms with E-state index in [1.807, 2.05) is 86.0 Å². The topological polar surface area (TPSA) is 53.7 Å². The quantitative estimate of drug-likeness (QED) is 0.201. The van der Waals surface area contributed by atoms with E-state index in [1.54, 1.807) is 17.0 Å². The van der Waals surface area contributed by atoms with Crippen LogP contribution in [-0.4, -0.2) is 33.3 Å². The molecule has 5 aromatic rings. The maximum absolute atomic E-state index is 15.5. The zero-order valence-electron chi connectivity index (χ0n) is 24.1. The van der Waals surface area contributed by atoms with Gasteiger partial charge in [0.25, 0.3) is 5.91 Å². The van der Waals surface area contributed by atoms with Crippen molar-refractivity contribution in [2.75, 3.05) is 12.1 Å². The molecule has 0 saturated heterocycles. The average molecular weight is 586 g/mol. The molecular weight excluding hydrogens is 556 g/mol. The number of aromatic nitrogens is 2. The van der Waals surface area contributed by atoms with Gasteiger partial charge in [0, 0.05) is 42.5 Å². The second-order valence-electron chi connectivity index (χ2n) is 11.2. The van der Waals surface area contributed by atoms with Crippen LogP contribution in [0.2, 0.25) is 0 Å². The third-order valence-corrected chi connectivity index (χ3v) is 8.11. The Morgan fingerprint density at radius 2 is 1.57 bits per heavy atom. The number of hydrazone groups is 1. The summed E-state index contributed by atoms with van der Waals surface area (Å²) in [4.78, 5) is 16.1. The van der Waals surface area contributed by atoms with Crippen LogP contribution in [0.3, 0.4) is 0 Å². The maximum Gasteiger partial charge on any atom is 0.280 e. The van der Waals surface area contributed by atoms with Crippen LogP contribution in [0, 0.1) is 11.6 Å². The van der Waals surface area contributed by atoms with Crippen LogP contribution < -0.4 is 5.01 Å². The molecule has 4 aromatic carbocycles. The van der Waals surface area contributed by atoms with Crippen LogP contribution in [0.1, 0.15) is 33.7 Å². The fourth-order valence-corrected chi connectivity index (χ4v) is 6.08. The van der Waals surface area contributed by atoms with Crippen molar-refractivity contribution in [3.05, 3.63) is 161 Å². The molecule has 218 valence electrons. The summed E-state index contributed by atoms with van der Waals surface area (Å²) in [7, 11) is 2.02.